The summed E-state index contributed by atoms with van der Waals surface area (Å²) in [5, 5.41) is 0. The van der Waals surface area contributed by atoms with Crippen LogP contribution in [0.4, 0.5) is 4.39 Å². The van der Waals surface area contributed by atoms with Crippen LogP contribution in [0.15, 0.2) is 48.5 Å². The third-order valence-electron chi connectivity index (χ3n) is 3.80. The average molecular weight is 254 g/mol. The highest BCUT2D eigenvalue weighted by molar-refractivity contribution is 6.00. The molecule has 0 amide bonds. The normalized spacial score (nSPS) is 21.2. The number of hydrogen-bond acceptors (Lipinski definition) is 1. The summed E-state index contributed by atoms with van der Waals surface area (Å²) >= 11 is 0. The Hall–Kier alpha value is -1.96. The van der Waals surface area contributed by atoms with Gasteiger partial charge in [0.2, 0.25) is 0 Å². The summed E-state index contributed by atoms with van der Waals surface area (Å²) in [4.78, 5) is 12.3. The molecule has 96 valence electrons. The molecule has 1 aliphatic carbocycles. The highest BCUT2D eigenvalue weighted by Crippen LogP contribution is 2.49. The van der Waals surface area contributed by atoms with Crippen LogP contribution in [-0.4, -0.2) is 5.78 Å². The molecule has 19 heavy (non-hydrogen) atoms. The van der Waals surface area contributed by atoms with Crippen LogP contribution in [0.3, 0.4) is 0 Å². The number of carbonyl (C=O) groups is 1. The first kappa shape index (κ1) is 12.1. The van der Waals surface area contributed by atoms with Gasteiger partial charge in [-0.25, -0.2) is 4.39 Å². The van der Waals surface area contributed by atoms with Gasteiger partial charge in [0.15, 0.2) is 5.78 Å². The van der Waals surface area contributed by atoms with Gasteiger partial charge in [-0.05, 0) is 48.6 Å². The van der Waals surface area contributed by atoms with Crippen molar-refractivity contribution in [1.82, 2.24) is 0 Å². The largest absolute Gasteiger partial charge is 0.294 e. The maximum Gasteiger partial charge on any atom is 0.166 e. The molecular weight excluding hydrogens is 239 g/mol. The smallest absolute Gasteiger partial charge is 0.166 e. The number of ketones is 1. The zero-order chi connectivity index (χ0) is 13.4. The second kappa shape index (κ2) is 4.61. The molecule has 1 saturated carbocycles. The average Bonchev–Trinajstić information content (AvgIpc) is 3.22. The molecule has 2 aromatic rings. The van der Waals surface area contributed by atoms with Crippen LogP contribution in [0.2, 0.25) is 0 Å². The van der Waals surface area contributed by atoms with Crippen molar-refractivity contribution in [2.75, 3.05) is 0 Å². The van der Waals surface area contributed by atoms with Crippen LogP contribution in [0.5, 0.6) is 0 Å². The molecule has 0 spiro atoms. The predicted molar refractivity (Wildman–Crippen MR) is 72.8 cm³/mol. The van der Waals surface area contributed by atoms with Gasteiger partial charge in [0.1, 0.15) is 5.82 Å². The van der Waals surface area contributed by atoms with E-state index in [1.54, 1.807) is 19.1 Å². The standard InChI is InChI=1S/C17H15FO/c1-11-9-13(7-8-16(11)18)17(19)15-10-14(15)12-5-3-2-4-6-12/h2-9,14-15H,10H2,1H3. The number of carbonyl (C=O) groups excluding carboxylic acids is 1. The number of rotatable bonds is 3. The van der Waals surface area contributed by atoms with Crippen LogP contribution in [-0.2, 0) is 0 Å². The quantitative estimate of drug-likeness (QED) is 0.753. The van der Waals surface area contributed by atoms with Gasteiger partial charge in [-0.3, -0.25) is 4.79 Å². The second-order valence-electron chi connectivity index (χ2n) is 5.19. The van der Waals surface area contributed by atoms with Gasteiger partial charge >= 0.3 is 0 Å². The fourth-order valence-corrected chi connectivity index (χ4v) is 2.57. The molecule has 0 N–H and O–H groups in total. The Bertz CT molecular complexity index is 618. The molecule has 0 radical (unpaired) electrons. The summed E-state index contributed by atoms with van der Waals surface area (Å²) in [7, 11) is 0. The first-order valence-electron chi connectivity index (χ1n) is 6.52. The van der Waals surface area contributed by atoms with E-state index in [4.69, 9.17) is 0 Å². The van der Waals surface area contributed by atoms with E-state index >= 15 is 0 Å². The van der Waals surface area contributed by atoms with Gasteiger partial charge in [-0.1, -0.05) is 30.3 Å². The van der Waals surface area contributed by atoms with Gasteiger partial charge in [0.05, 0.1) is 0 Å². The zero-order valence-electron chi connectivity index (χ0n) is 10.8. The van der Waals surface area contributed by atoms with E-state index in [9.17, 15) is 9.18 Å². The molecule has 1 aliphatic rings. The SMILES string of the molecule is Cc1cc(C(=O)C2CC2c2ccccc2)ccc1F. The highest BCUT2D eigenvalue weighted by Gasteiger charge is 2.43. The number of aryl methyl sites for hydroxylation is 1. The Morgan fingerprint density at radius 3 is 2.58 bits per heavy atom. The van der Waals surface area contributed by atoms with Crippen LogP contribution in [0, 0.1) is 18.7 Å². The summed E-state index contributed by atoms with van der Waals surface area (Å²) in [5.74, 6) is 0.273. The molecule has 1 fully saturated rings. The molecular formula is C17H15FO. The van der Waals surface area contributed by atoms with Crippen LogP contribution >= 0.6 is 0 Å². The molecule has 0 heterocycles. The molecule has 2 atom stereocenters. The minimum absolute atomic E-state index is 0.0623. The van der Waals surface area contributed by atoms with Crippen LogP contribution in [0.25, 0.3) is 0 Å². The summed E-state index contributed by atoms with van der Waals surface area (Å²) < 4.78 is 13.2. The van der Waals surface area contributed by atoms with E-state index in [-0.39, 0.29) is 17.5 Å². The third-order valence-corrected chi connectivity index (χ3v) is 3.80. The lowest BCUT2D eigenvalue weighted by atomic mass is 10.0. The molecule has 0 bridgehead atoms. The summed E-state index contributed by atoms with van der Waals surface area (Å²) in [6, 6.07) is 14.7. The molecule has 0 aliphatic heterocycles. The van der Waals surface area contributed by atoms with Crippen molar-refractivity contribution >= 4 is 5.78 Å². The fraction of sp³-hybridized carbons (Fsp3) is 0.235. The van der Waals surface area contributed by atoms with E-state index in [1.165, 1.54) is 11.6 Å². The number of benzene rings is 2. The third kappa shape index (κ3) is 2.30. The van der Waals surface area contributed by atoms with Crippen molar-refractivity contribution < 1.29 is 9.18 Å². The first-order chi connectivity index (χ1) is 9.16. The maximum atomic E-state index is 13.2. The topological polar surface area (TPSA) is 17.1 Å². The van der Waals surface area contributed by atoms with Gasteiger partial charge in [0, 0.05) is 11.5 Å². The van der Waals surface area contributed by atoms with E-state index in [0.717, 1.165) is 6.42 Å². The fourth-order valence-electron chi connectivity index (χ4n) is 2.57. The molecule has 0 aromatic heterocycles. The summed E-state index contributed by atoms with van der Waals surface area (Å²) in [6.45, 7) is 1.69. The van der Waals surface area contributed by atoms with Crippen molar-refractivity contribution in [3.8, 4) is 0 Å². The minimum atomic E-state index is -0.257. The maximum absolute atomic E-state index is 13.2. The van der Waals surface area contributed by atoms with Crippen molar-refractivity contribution in [3.63, 3.8) is 0 Å². The van der Waals surface area contributed by atoms with Crippen molar-refractivity contribution in [3.05, 3.63) is 71.0 Å². The second-order valence-corrected chi connectivity index (χ2v) is 5.19. The molecule has 0 saturated heterocycles. The monoisotopic (exact) mass is 254 g/mol. The molecule has 3 rings (SSSR count). The Kier molecular flexibility index (Phi) is 2.94. The van der Waals surface area contributed by atoms with Crippen LogP contribution in [0.1, 0.15) is 33.8 Å². The highest BCUT2D eigenvalue weighted by atomic mass is 19.1. The van der Waals surface area contributed by atoms with E-state index in [0.29, 0.717) is 17.0 Å². The Morgan fingerprint density at radius 2 is 1.89 bits per heavy atom. The molecule has 2 unspecified atom stereocenters. The Labute approximate surface area is 112 Å². The zero-order valence-corrected chi connectivity index (χ0v) is 10.8. The lowest BCUT2D eigenvalue weighted by Gasteiger charge is -2.03. The van der Waals surface area contributed by atoms with Crippen LogP contribution < -0.4 is 0 Å². The van der Waals surface area contributed by atoms with Gasteiger partial charge < -0.3 is 0 Å². The van der Waals surface area contributed by atoms with E-state index < -0.39 is 0 Å². The Balaban J connectivity index is 1.78. The molecule has 1 nitrogen and oxygen atoms in total. The van der Waals surface area contributed by atoms with Crippen molar-refractivity contribution in [1.29, 1.82) is 0 Å². The first-order valence-corrected chi connectivity index (χ1v) is 6.52. The van der Waals surface area contributed by atoms with Gasteiger partial charge in [-0.2, -0.15) is 0 Å². The van der Waals surface area contributed by atoms with E-state index in [1.807, 2.05) is 18.2 Å². The lowest BCUT2D eigenvalue weighted by molar-refractivity contribution is 0.0965. The summed E-state index contributed by atoms with van der Waals surface area (Å²) in [6.07, 6.45) is 0.902. The van der Waals surface area contributed by atoms with Crippen molar-refractivity contribution in [2.24, 2.45) is 5.92 Å². The number of Topliss-reactive ketones (excluding diaryl/α,β-unsaturated/α-hetero) is 1. The van der Waals surface area contributed by atoms with Gasteiger partial charge in [-0.15, -0.1) is 0 Å². The molecule has 2 aromatic carbocycles. The minimum Gasteiger partial charge on any atom is -0.294 e. The number of hydrogen-bond donors (Lipinski definition) is 0. The molecule has 2 heteroatoms. The van der Waals surface area contributed by atoms with Gasteiger partial charge in [0.25, 0.3) is 0 Å². The van der Waals surface area contributed by atoms with E-state index in [2.05, 4.69) is 12.1 Å². The predicted octanol–water partition coefficient (Wildman–Crippen LogP) is 4.12. The Morgan fingerprint density at radius 1 is 1.16 bits per heavy atom. The lowest BCUT2D eigenvalue weighted by Crippen LogP contribution is -2.04. The van der Waals surface area contributed by atoms with Crippen molar-refractivity contribution in [2.45, 2.75) is 19.3 Å². The number of halogens is 1. The summed E-state index contributed by atoms with van der Waals surface area (Å²) in [5.41, 5.74) is 2.38.